The number of carbonyl (C=O) groups is 1. The molecule has 1 aliphatic carbocycles. The number of hydrogen-bond acceptors (Lipinski definition) is 2. The number of halogens is 1. The van der Waals surface area contributed by atoms with Crippen molar-refractivity contribution in [1.29, 1.82) is 0 Å². The summed E-state index contributed by atoms with van der Waals surface area (Å²) >= 11 is 5.94. The van der Waals surface area contributed by atoms with E-state index in [1.165, 1.54) is 5.69 Å². The van der Waals surface area contributed by atoms with Gasteiger partial charge < -0.3 is 14.3 Å². The molecule has 0 radical (unpaired) electrons. The van der Waals surface area contributed by atoms with Crippen LogP contribution in [0.4, 0.5) is 0 Å². The molecule has 1 N–H and O–H groups in total. The summed E-state index contributed by atoms with van der Waals surface area (Å²) in [6.45, 7) is 3.12. The molecule has 1 aromatic carbocycles. The highest BCUT2D eigenvalue weighted by molar-refractivity contribution is 6.30. The quantitative estimate of drug-likeness (QED) is 0.632. The Morgan fingerprint density at radius 2 is 1.89 bits per heavy atom. The Morgan fingerprint density at radius 1 is 1.11 bits per heavy atom. The van der Waals surface area contributed by atoms with Crippen LogP contribution in [0.15, 0.2) is 76.9 Å². The van der Waals surface area contributed by atoms with E-state index in [0.717, 1.165) is 28.2 Å². The molecule has 0 aliphatic heterocycles. The van der Waals surface area contributed by atoms with E-state index in [0.29, 0.717) is 24.5 Å². The van der Waals surface area contributed by atoms with Gasteiger partial charge in [0.15, 0.2) is 0 Å². The van der Waals surface area contributed by atoms with Crippen LogP contribution in [0, 0.1) is 6.92 Å². The Bertz CT molecular complexity index is 1050. The van der Waals surface area contributed by atoms with Crippen LogP contribution >= 0.6 is 11.6 Å². The lowest BCUT2D eigenvalue weighted by Crippen LogP contribution is -2.23. The first-order valence-electron chi connectivity index (χ1n) is 9.22. The Morgan fingerprint density at radius 3 is 2.64 bits per heavy atom. The fourth-order valence-corrected chi connectivity index (χ4v) is 3.40. The first-order valence-corrected chi connectivity index (χ1v) is 9.59. The molecule has 4 nitrogen and oxygen atoms in total. The second-order valence-corrected chi connectivity index (χ2v) is 7.33. The summed E-state index contributed by atoms with van der Waals surface area (Å²) in [6, 6.07) is 15.6. The van der Waals surface area contributed by atoms with E-state index in [9.17, 15) is 4.79 Å². The number of benzene rings is 1. The van der Waals surface area contributed by atoms with Gasteiger partial charge in [-0.3, -0.25) is 4.79 Å². The number of carbonyl (C=O) groups excluding carboxylic acids is 1. The maximum atomic E-state index is 12.5. The van der Waals surface area contributed by atoms with Crippen molar-refractivity contribution in [2.45, 2.75) is 26.4 Å². The van der Waals surface area contributed by atoms with Crippen LogP contribution in [0.1, 0.15) is 29.2 Å². The third-order valence-electron chi connectivity index (χ3n) is 4.90. The first kappa shape index (κ1) is 18.4. The monoisotopic (exact) mass is 392 g/mol. The number of furan rings is 1. The predicted molar refractivity (Wildman–Crippen MR) is 111 cm³/mol. The summed E-state index contributed by atoms with van der Waals surface area (Å²) in [5.41, 5.74) is 4.13. The van der Waals surface area contributed by atoms with E-state index in [2.05, 4.69) is 22.9 Å². The molecule has 5 heteroatoms. The van der Waals surface area contributed by atoms with Gasteiger partial charge in [-0.1, -0.05) is 35.9 Å². The Labute approximate surface area is 169 Å². The van der Waals surface area contributed by atoms with Crippen LogP contribution < -0.4 is 5.32 Å². The molecule has 0 atom stereocenters. The second kappa shape index (κ2) is 7.95. The zero-order valence-corrected chi connectivity index (χ0v) is 16.4. The zero-order chi connectivity index (χ0) is 19.5. The van der Waals surface area contributed by atoms with Crippen molar-refractivity contribution in [3.05, 3.63) is 100 Å². The van der Waals surface area contributed by atoms with Crippen LogP contribution in [0.2, 0.25) is 5.02 Å². The molecule has 2 heterocycles. The predicted octanol–water partition coefficient (Wildman–Crippen LogP) is 5.12. The number of nitrogens with zero attached hydrogens (tertiary/aromatic N) is 1. The second-order valence-electron chi connectivity index (χ2n) is 6.90. The molecule has 1 amide bonds. The van der Waals surface area contributed by atoms with Gasteiger partial charge in [0.05, 0.1) is 13.1 Å². The van der Waals surface area contributed by atoms with Crippen LogP contribution in [-0.2, 0) is 17.9 Å². The molecule has 0 spiro atoms. The average Bonchev–Trinajstić information content (AvgIpc) is 3.43. The first-order chi connectivity index (χ1) is 13.6. The molecule has 0 bridgehead atoms. The van der Waals surface area contributed by atoms with Gasteiger partial charge in [0.1, 0.15) is 11.5 Å². The maximum absolute atomic E-state index is 12.5. The van der Waals surface area contributed by atoms with E-state index in [1.807, 2.05) is 60.8 Å². The van der Waals surface area contributed by atoms with Gasteiger partial charge in [0.2, 0.25) is 5.91 Å². The van der Waals surface area contributed by atoms with Crippen molar-refractivity contribution in [1.82, 2.24) is 9.88 Å². The van der Waals surface area contributed by atoms with Gasteiger partial charge in [0, 0.05) is 28.9 Å². The topological polar surface area (TPSA) is 47.2 Å². The fourth-order valence-electron chi connectivity index (χ4n) is 3.27. The summed E-state index contributed by atoms with van der Waals surface area (Å²) in [4.78, 5) is 12.5. The number of amides is 1. The smallest absolute Gasteiger partial charge is 0.247 e. The van der Waals surface area contributed by atoms with Crippen molar-refractivity contribution in [2.75, 3.05) is 0 Å². The minimum Gasteiger partial charge on any atom is -0.462 e. The summed E-state index contributed by atoms with van der Waals surface area (Å²) < 4.78 is 7.97. The summed E-state index contributed by atoms with van der Waals surface area (Å²) in [5, 5.41) is 3.65. The Balaban J connectivity index is 1.29. The molecular weight excluding hydrogens is 372 g/mol. The third-order valence-corrected chi connectivity index (χ3v) is 5.15. The number of allylic oxidation sites excluding steroid dienone is 3. The number of aromatic nitrogens is 1. The van der Waals surface area contributed by atoms with Crippen molar-refractivity contribution >= 4 is 23.1 Å². The Kier molecular flexibility index (Phi) is 5.22. The molecule has 142 valence electrons. The van der Waals surface area contributed by atoms with Crippen molar-refractivity contribution in [3.63, 3.8) is 0 Å². The number of hydrogen-bond donors (Lipinski definition) is 1. The lowest BCUT2D eigenvalue weighted by atomic mass is 10.0. The molecule has 1 aliphatic rings. The van der Waals surface area contributed by atoms with Gasteiger partial charge in [-0.15, -0.1) is 0 Å². The van der Waals surface area contributed by atoms with E-state index in [4.69, 9.17) is 16.0 Å². The van der Waals surface area contributed by atoms with Gasteiger partial charge >= 0.3 is 0 Å². The fraction of sp³-hybridized carbons (Fsp3) is 0.174. The number of aryl methyl sites for hydroxylation is 1. The molecule has 3 aromatic rings. The van der Waals surface area contributed by atoms with Gasteiger partial charge in [-0.25, -0.2) is 0 Å². The zero-order valence-electron chi connectivity index (χ0n) is 15.6. The molecule has 28 heavy (non-hydrogen) atoms. The lowest BCUT2D eigenvalue weighted by molar-refractivity contribution is -0.117. The van der Waals surface area contributed by atoms with Crippen molar-refractivity contribution in [2.24, 2.45) is 0 Å². The largest absolute Gasteiger partial charge is 0.462 e. The third kappa shape index (κ3) is 4.12. The standard InChI is InChI=1S/C23H21ClN2O2/c1-16-3-2-12-26(16)15-22-11-10-21(28-22)14-25-23(27)19-5-4-18(13-19)17-6-8-20(24)9-7-17/h2-12H,13-15H2,1H3,(H,25,27). The Hall–Kier alpha value is -2.98. The van der Waals surface area contributed by atoms with Crippen LogP contribution in [0.5, 0.6) is 0 Å². The van der Waals surface area contributed by atoms with Gasteiger partial charge in [-0.05, 0) is 54.5 Å². The van der Waals surface area contributed by atoms with E-state index in [1.54, 1.807) is 0 Å². The highest BCUT2D eigenvalue weighted by Gasteiger charge is 2.17. The molecule has 0 fully saturated rings. The average molecular weight is 393 g/mol. The molecule has 2 aromatic heterocycles. The van der Waals surface area contributed by atoms with Crippen molar-refractivity contribution < 1.29 is 9.21 Å². The lowest BCUT2D eigenvalue weighted by Gasteiger charge is -2.07. The summed E-state index contributed by atoms with van der Waals surface area (Å²) in [7, 11) is 0. The number of nitrogens with one attached hydrogen (secondary N) is 1. The molecular formula is C23H21ClN2O2. The number of rotatable bonds is 6. The SMILES string of the molecule is Cc1cccn1Cc1ccc(CNC(=O)C2=CC=C(c3ccc(Cl)cc3)C2)o1. The minimum atomic E-state index is -0.0700. The highest BCUT2D eigenvalue weighted by Crippen LogP contribution is 2.29. The molecule has 0 unspecified atom stereocenters. The molecule has 0 saturated heterocycles. The van der Waals surface area contributed by atoms with Gasteiger partial charge in [-0.2, -0.15) is 0 Å². The minimum absolute atomic E-state index is 0.0700. The molecule has 0 saturated carbocycles. The van der Waals surface area contributed by atoms with Crippen LogP contribution in [0.3, 0.4) is 0 Å². The van der Waals surface area contributed by atoms with Crippen LogP contribution in [0.25, 0.3) is 5.57 Å². The summed E-state index contributed by atoms with van der Waals surface area (Å²) in [5.74, 6) is 1.55. The van der Waals surface area contributed by atoms with E-state index >= 15 is 0 Å². The van der Waals surface area contributed by atoms with Gasteiger partial charge in [0.25, 0.3) is 0 Å². The van der Waals surface area contributed by atoms with E-state index < -0.39 is 0 Å². The summed E-state index contributed by atoms with van der Waals surface area (Å²) in [6.07, 6.45) is 6.51. The normalized spacial score (nSPS) is 13.4. The van der Waals surface area contributed by atoms with Crippen LogP contribution in [-0.4, -0.2) is 10.5 Å². The molecule has 4 rings (SSSR count). The maximum Gasteiger partial charge on any atom is 0.247 e. The van der Waals surface area contributed by atoms with Crippen molar-refractivity contribution in [3.8, 4) is 0 Å². The van der Waals surface area contributed by atoms with E-state index in [-0.39, 0.29) is 5.91 Å². The highest BCUT2D eigenvalue weighted by atomic mass is 35.5.